The Kier molecular flexibility index (Phi) is 4.66. The van der Waals surface area contributed by atoms with Gasteiger partial charge in [-0.25, -0.2) is 0 Å². The molecule has 0 aromatic carbocycles. The quantitative estimate of drug-likeness (QED) is 0.241. The van der Waals surface area contributed by atoms with Gasteiger partial charge in [-0.2, -0.15) is 0 Å². The third-order valence-electron chi connectivity index (χ3n) is 4.68. The minimum Gasteiger partial charge on any atom is -0.409 e. The lowest BCUT2D eigenvalue weighted by Crippen LogP contribution is -2.51. The summed E-state index contributed by atoms with van der Waals surface area (Å²) in [6.07, 6.45) is 10.0. The van der Waals surface area contributed by atoms with Crippen LogP contribution in [0.15, 0.2) is 5.16 Å². The molecule has 2 aliphatic rings. The average Bonchev–Trinajstić information content (AvgIpc) is 2.79. The number of amides is 1. The van der Waals surface area contributed by atoms with E-state index in [0.29, 0.717) is 12.8 Å². The Labute approximate surface area is 114 Å². The van der Waals surface area contributed by atoms with Crippen molar-refractivity contribution < 1.29 is 10.0 Å². The predicted molar refractivity (Wildman–Crippen MR) is 73.9 cm³/mol. The second-order valence-electron chi connectivity index (χ2n) is 5.94. The molecule has 0 spiro atoms. The van der Waals surface area contributed by atoms with Crippen molar-refractivity contribution in [2.75, 3.05) is 0 Å². The molecule has 2 saturated carbocycles. The van der Waals surface area contributed by atoms with Crippen LogP contribution >= 0.6 is 0 Å². The summed E-state index contributed by atoms with van der Waals surface area (Å²) in [5, 5.41) is 15.3. The van der Waals surface area contributed by atoms with Crippen LogP contribution in [-0.4, -0.2) is 23.0 Å². The average molecular weight is 267 g/mol. The minimum atomic E-state index is -0.784. The van der Waals surface area contributed by atoms with Gasteiger partial charge in [0.2, 0.25) is 5.91 Å². The maximum Gasteiger partial charge on any atom is 0.234 e. The van der Waals surface area contributed by atoms with Gasteiger partial charge in [0.15, 0.2) is 5.84 Å². The Hall–Kier alpha value is -1.26. The first-order chi connectivity index (χ1) is 9.19. The molecule has 0 heterocycles. The van der Waals surface area contributed by atoms with Crippen LogP contribution in [0.4, 0.5) is 0 Å². The summed E-state index contributed by atoms with van der Waals surface area (Å²) in [7, 11) is 0. The van der Waals surface area contributed by atoms with Crippen LogP contribution in [0.5, 0.6) is 0 Å². The molecule has 0 radical (unpaired) electrons. The molecule has 5 nitrogen and oxygen atoms in total. The fourth-order valence-corrected chi connectivity index (χ4v) is 3.42. The van der Waals surface area contributed by atoms with Crippen molar-refractivity contribution in [2.45, 2.75) is 70.3 Å². The summed E-state index contributed by atoms with van der Waals surface area (Å²) >= 11 is 0. The van der Waals surface area contributed by atoms with E-state index in [0.717, 1.165) is 38.5 Å². The predicted octanol–water partition coefficient (Wildman–Crippen LogP) is 2.13. The number of rotatable bonds is 3. The van der Waals surface area contributed by atoms with Crippen molar-refractivity contribution >= 4 is 11.7 Å². The summed E-state index contributed by atoms with van der Waals surface area (Å²) < 4.78 is 0. The topological polar surface area (TPSA) is 87.7 Å². The van der Waals surface area contributed by atoms with Gasteiger partial charge in [-0.1, -0.05) is 43.7 Å². The minimum absolute atomic E-state index is 0.0309. The lowest BCUT2D eigenvalue weighted by molar-refractivity contribution is -0.129. The van der Waals surface area contributed by atoms with Crippen molar-refractivity contribution in [1.82, 2.24) is 5.32 Å². The molecule has 2 aliphatic carbocycles. The number of nitrogens with zero attached hydrogens (tertiary/aromatic N) is 1. The van der Waals surface area contributed by atoms with Gasteiger partial charge in [-0.3, -0.25) is 4.79 Å². The molecule has 2 rings (SSSR count). The summed E-state index contributed by atoms with van der Waals surface area (Å²) in [5.41, 5.74) is 5.08. The van der Waals surface area contributed by atoms with Crippen LogP contribution in [-0.2, 0) is 4.79 Å². The third-order valence-corrected chi connectivity index (χ3v) is 4.68. The van der Waals surface area contributed by atoms with E-state index < -0.39 is 5.41 Å². The second-order valence-corrected chi connectivity index (χ2v) is 5.94. The SMILES string of the molecule is NC(=NO)C1(C(=O)NC2CCCC2)CCCCCC1. The zero-order chi connectivity index (χ0) is 13.7. The van der Waals surface area contributed by atoms with Crippen LogP contribution in [0.25, 0.3) is 0 Å². The highest BCUT2D eigenvalue weighted by atomic mass is 16.4. The molecule has 0 aliphatic heterocycles. The summed E-state index contributed by atoms with van der Waals surface area (Å²) in [4.78, 5) is 12.6. The zero-order valence-electron chi connectivity index (χ0n) is 11.5. The third kappa shape index (κ3) is 3.01. The number of amidine groups is 1. The van der Waals surface area contributed by atoms with E-state index >= 15 is 0 Å². The van der Waals surface area contributed by atoms with Crippen molar-refractivity contribution in [3.05, 3.63) is 0 Å². The van der Waals surface area contributed by atoms with E-state index in [-0.39, 0.29) is 17.8 Å². The second kappa shape index (κ2) is 6.26. The van der Waals surface area contributed by atoms with E-state index in [4.69, 9.17) is 10.9 Å². The number of oxime groups is 1. The molecule has 0 unspecified atom stereocenters. The van der Waals surface area contributed by atoms with E-state index in [9.17, 15) is 4.79 Å². The molecule has 0 aromatic rings. The molecular weight excluding hydrogens is 242 g/mol. The van der Waals surface area contributed by atoms with Gasteiger partial charge < -0.3 is 16.3 Å². The molecule has 0 saturated heterocycles. The number of nitrogens with one attached hydrogen (secondary N) is 1. The van der Waals surface area contributed by atoms with Crippen LogP contribution in [0.1, 0.15) is 64.2 Å². The van der Waals surface area contributed by atoms with Gasteiger partial charge in [-0.05, 0) is 25.7 Å². The molecular formula is C14H25N3O2. The highest BCUT2D eigenvalue weighted by molar-refractivity contribution is 6.06. The van der Waals surface area contributed by atoms with Crippen molar-refractivity contribution in [3.8, 4) is 0 Å². The van der Waals surface area contributed by atoms with Crippen LogP contribution in [0.2, 0.25) is 0 Å². The molecule has 0 atom stereocenters. The molecule has 108 valence electrons. The van der Waals surface area contributed by atoms with Crippen molar-refractivity contribution in [2.24, 2.45) is 16.3 Å². The van der Waals surface area contributed by atoms with Gasteiger partial charge in [-0.15, -0.1) is 0 Å². The molecule has 0 aromatic heterocycles. The van der Waals surface area contributed by atoms with E-state index in [1.807, 2.05) is 0 Å². The van der Waals surface area contributed by atoms with Crippen molar-refractivity contribution in [3.63, 3.8) is 0 Å². The van der Waals surface area contributed by atoms with Crippen LogP contribution in [0, 0.1) is 5.41 Å². The van der Waals surface area contributed by atoms with Gasteiger partial charge in [0.25, 0.3) is 0 Å². The maximum atomic E-state index is 12.6. The Morgan fingerprint density at radius 3 is 2.21 bits per heavy atom. The zero-order valence-corrected chi connectivity index (χ0v) is 11.5. The lowest BCUT2D eigenvalue weighted by atomic mass is 9.78. The first-order valence-corrected chi connectivity index (χ1v) is 7.48. The first kappa shape index (κ1) is 14.2. The molecule has 0 bridgehead atoms. The van der Waals surface area contributed by atoms with Crippen LogP contribution in [0.3, 0.4) is 0 Å². The normalized spacial score (nSPS) is 24.9. The molecule has 1 amide bonds. The van der Waals surface area contributed by atoms with Gasteiger partial charge in [0.1, 0.15) is 5.41 Å². The fraction of sp³-hybridized carbons (Fsp3) is 0.857. The van der Waals surface area contributed by atoms with E-state index in [2.05, 4.69) is 10.5 Å². The summed E-state index contributed by atoms with van der Waals surface area (Å²) in [6.45, 7) is 0. The lowest BCUT2D eigenvalue weighted by Gasteiger charge is -2.31. The largest absolute Gasteiger partial charge is 0.409 e. The monoisotopic (exact) mass is 267 g/mol. The fourth-order valence-electron chi connectivity index (χ4n) is 3.42. The summed E-state index contributed by atoms with van der Waals surface area (Å²) in [6, 6.07) is 0.277. The van der Waals surface area contributed by atoms with E-state index in [1.54, 1.807) is 0 Å². The Morgan fingerprint density at radius 1 is 1.11 bits per heavy atom. The Bertz CT molecular complexity index is 341. The van der Waals surface area contributed by atoms with Gasteiger partial charge in [0.05, 0.1) is 0 Å². The van der Waals surface area contributed by atoms with Gasteiger partial charge in [0, 0.05) is 6.04 Å². The standard InChI is InChI=1S/C14H25N3O2/c15-12(17-19)14(9-5-1-2-6-10-14)13(18)16-11-7-3-4-8-11/h11,19H,1-10H2,(H2,15,17)(H,16,18). The smallest absolute Gasteiger partial charge is 0.234 e. The molecule has 5 heteroatoms. The molecule has 4 N–H and O–H groups in total. The number of carbonyl (C=O) groups is 1. The number of hydrogen-bond acceptors (Lipinski definition) is 3. The molecule has 19 heavy (non-hydrogen) atoms. The molecule has 2 fully saturated rings. The number of hydrogen-bond donors (Lipinski definition) is 3. The van der Waals surface area contributed by atoms with Crippen LogP contribution < -0.4 is 11.1 Å². The number of carbonyl (C=O) groups excluding carboxylic acids is 1. The Morgan fingerprint density at radius 2 is 1.68 bits per heavy atom. The van der Waals surface area contributed by atoms with E-state index in [1.165, 1.54) is 12.8 Å². The summed E-state index contributed by atoms with van der Waals surface area (Å²) in [5.74, 6) is 0.0569. The van der Waals surface area contributed by atoms with Crippen molar-refractivity contribution in [1.29, 1.82) is 0 Å². The van der Waals surface area contributed by atoms with Gasteiger partial charge >= 0.3 is 0 Å². The first-order valence-electron chi connectivity index (χ1n) is 7.48. The maximum absolute atomic E-state index is 12.6. The Balaban J connectivity index is 2.13. The number of nitrogens with two attached hydrogens (primary N) is 1. The highest BCUT2D eigenvalue weighted by Gasteiger charge is 2.43. The highest BCUT2D eigenvalue weighted by Crippen LogP contribution is 2.36.